The normalized spacial score (nSPS) is 12.1. The predicted molar refractivity (Wildman–Crippen MR) is 69.1 cm³/mol. The van der Waals surface area contributed by atoms with E-state index in [1.54, 1.807) is 0 Å². The van der Waals surface area contributed by atoms with Crippen LogP contribution < -0.4 is 5.32 Å². The van der Waals surface area contributed by atoms with Crippen molar-refractivity contribution in [1.29, 1.82) is 0 Å². The van der Waals surface area contributed by atoms with Crippen molar-refractivity contribution in [3.8, 4) is 0 Å². The van der Waals surface area contributed by atoms with Gasteiger partial charge in [-0.3, -0.25) is 4.79 Å². The zero-order valence-electron chi connectivity index (χ0n) is 9.61. The second-order valence-corrected chi connectivity index (χ2v) is 4.39. The molecular formula is C12H13N3O2S. The zero-order chi connectivity index (χ0) is 12.8. The second kappa shape index (κ2) is 6.20. The van der Waals surface area contributed by atoms with Crippen LogP contribution in [0.5, 0.6) is 0 Å². The molecular weight excluding hydrogens is 250 g/mol. The summed E-state index contributed by atoms with van der Waals surface area (Å²) in [7, 11) is 0. The molecule has 1 amide bonds. The largest absolute Gasteiger partial charge is 0.348 e. The lowest BCUT2D eigenvalue weighted by atomic mass is 10.1. The van der Waals surface area contributed by atoms with Crippen LogP contribution in [0.4, 0.5) is 0 Å². The van der Waals surface area contributed by atoms with E-state index >= 15 is 0 Å². The molecule has 0 aliphatic heterocycles. The van der Waals surface area contributed by atoms with E-state index in [0.717, 1.165) is 5.56 Å². The van der Waals surface area contributed by atoms with Crippen molar-refractivity contribution in [3.05, 3.63) is 48.1 Å². The first-order valence-electron chi connectivity index (χ1n) is 5.50. The van der Waals surface area contributed by atoms with Crippen LogP contribution in [-0.4, -0.2) is 21.3 Å². The van der Waals surface area contributed by atoms with Crippen LogP contribution >= 0.6 is 12.6 Å². The van der Waals surface area contributed by atoms with E-state index in [1.165, 1.54) is 6.39 Å². The number of hydrogen-bond donors (Lipinski definition) is 2. The lowest BCUT2D eigenvalue weighted by molar-refractivity contribution is -0.120. The number of hydrogen-bond acceptors (Lipinski definition) is 5. The van der Waals surface area contributed by atoms with Crippen molar-refractivity contribution < 1.29 is 9.32 Å². The molecule has 94 valence electrons. The highest BCUT2D eigenvalue weighted by atomic mass is 32.1. The number of carbonyl (C=O) groups excluding carboxylic acids is 1. The van der Waals surface area contributed by atoms with Gasteiger partial charge in [-0.1, -0.05) is 35.5 Å². The van der Waals surface area contributed by atoms with Gasteiger partial charge < -0.3 is 9.84 Å². The second-order valence-electron chi connectivity index (χ2n) is 3.77. The van der Waals surface area contributed by atoms with Crippen LogP contribution in [0.25, 0.3) is 0 Å². The van der Waals surface area contributed by atoms with Gasteiger partial charge in [0.1, 0.15) is 0 Å². The Labute approximate surface area is 110 Å². The minimum Gasteiger partial charge on any atom is -0.348 e. The molecule has 0 radical (unpaired) electrons. The monoisotopic (exact) mass is 263 g/mol. The van der Waals surface area contributed by atoms with Gasteiger partial charge in [-0.05, 0) is 12.0 Å². The maximum Gasteiger partial charge on any atom is 0.233 e. The Kier molecular flexibility index (Phi) is 4.35. The highest BCUT2D eigenvalue weighted by Crippen LogP contribution is 2.07. The van der Waals surface area contributed by atoms with Gasteiger partial charge in [-0.25, -0.2) is 0 Å². The van der Waals surface area contributed by atoms with E-state index in [2.05, 4.69) is 32.6 Å². The van der Waals surface area contributed by atoms with Gasteiger partial charge in [0.05, 0.1) is 11.8 Å². The third kappa shape index (κ3) is 3.59. The Morgan fingerprint density at radius 2 is 2.17 bits per heavy atom. The predicted octanol–water partition coefficient (Wildman–Crippen LogP) is 1.23. The Morgan fingerprint density at radius 3 is 2.83 bits per heavy atom. The molecule has 1 aromatic carbocycles. The van der Waals surface area contributed by atoms with Crippen molar-refractivity contribution in [2.24, 2.45) is 0 Å². The smallest absolute Gasteiger partial charge is 0.233 e. The Bertz CT molecular complexity index is 487. The fraction of sp³-hybridized carbons (Fsp3) is 0.250. The van der Waals surface area contributed by atoms with E-state index in [0.29, 0.717) is 12.2 Å². The van der Waals surface area contributed by atoms with Crippen LogP contribution in [0.3, 0.4) is 0 Å². The third-order valence-electron chi connectivity index (χ3n) is 2.40. The molecule has 0 saturated carbocycles. The summed E-state index contributed by atoms with van der Waals surface area (Å²) in [6, 6.07) is 9.75. The molecule has 0 saturated heterocycles. The average molecular weight is 263 g/mol. The van der Waals surface area contributed by atoms with Gasteiger partial charge in [0.2, 0.25) is 12.3 Å². The molecule has 2 rings (SSSR count). The number of rotatable bonds is 5. The van der Waals surface area contributed by atoms with Gasteiger partial charge in [0, 0.05) is 0 Å². The van der Waals surface area contributed by atoms with Gasteiger partial charge in [0.25, 0.3) is 0 Å². The van der Waals surface area contributed by atoms with Gasteiger partial charge in [0.15, 0.2) is 5.82 Å². The molecule has 0 spiro atoms. The van der Waals surface area contributed by atoms with Crippen LogP contribution in [-0.2, 0) is 17.8 Å². The number of benzene rings is 1. The lowest BCUT2D eigenvalue weighted by Gasteiger charge is -2.10. The lowest BCUT2D eigenvalue weighted by Crippen LogP contribution is -2.32. The van der Waals surface area contributed by atoms with Crippen molar-refractivity contribution in [2.75, 3.05) is 0 Å². The van der Waals surface area contributed by atoms with E-state index in [9.17, 15) is 4.79 Å². The van der Waals surface area contributed by atoms with E-state index in [4.69, 9.17) is 0 Å². The minimum absolute atomic E-state index is 0.146. The molecule has 0 bridgehead atoms. The fourth-order valence-corrected chi connectivity index (χ4v) is 1.79. The standard InChI is InChI=1S/C12H13N3O2S/c16-12(13-7-11-14-8-17-15-11)10(18)6-9-4-2-1-3-5-9/h1-5,8,10,18H,6-7H2,(H,13,16). The molecule has 0 aliphatic carbocycles. The molecule has 2 aromatic rings. The number of thiol groups is 1. The molecule has 18 heavy (non-hydrogen) atoms. The summed E-state index contributed by atoms with van der Waals surface area (Å²) in [6.07, 6.45) is 1.81. The van der Waals surface area contributed by atoms with E-state index < -0.39 is 0 Å². The molecule has 1 N–H and O–H groups in total. The molecule has 1 heterocycles. The first kappa shape index (κ1) is 12.6. The zero-order valence-corrected chi connectivity index (χ0v) is 10.5. The number of carbonyl (C=O) groups is 1. The summed E-state index contributed by atoms with van der Waals surface area (Å²) < 4.78 is 4.57. The third-order valence-corrected chi connectivity index (χ3v) is 2.82. The summed E-state index contributed by atoms with van der Waals surface area (Å²) in [5.41, 5.74) is 1.08. The SMILES string of the molecule is O=C(NCc1ncon1)C(S)Cc1ccccc1. The van der Waals surface area contributed by atoms with Crippen LogP contribution in [0, 0.1) is 0 Å². The van der Waals surface area contributed by atoms with Gasteiger partial charge in [-0.2, -0.15) is 17.6 Å². The molecule has 0 fully saturated rings. The molecule has 5 nitrogen and oxygen atoms in total. The molecule has 1 aromatic heterocycles. The Morgan fingerprint density at radius 1 is 1.39 bits per heavy atom. The topological polar surface area (TPSA) is 68.0 Å². The summed E-state index contributed by atoms with van der Waals surface area (Å²) in [4.78, 5) is 15.6. The van der Waals surface area contributed by atoms with Gasteiger partial charge >= 0.3 is 0 Å². The first-order valence-corrected chi connectivity index (χ1v) is 6.02. The number of nitrogens with zero attached hydrogens (tertiary/aromatic N) is 2. The van der Waals surface area contributed by atoms with Gasteiger partial charge in [-0.15, -0.1) is 0 Å². The summed E-state index contributed by atoms with van der Waals surface area (Å²) in [6.45, 7) is 0.251. The number of aromatic nitrogens is 2. The first-order chi connectivity index (χ1) is 8.75. The molecule has 1 atom stereocenters. The van der Waals surface area contributed by atoms with Crippen molar-refractivity contribution in [2.45, 2.75) is 18.2 Å². The van der Waals surface area contributed by atoms with E-state index in [-0.39, 0.29) is 17.7 Å². The van der Waals surface area contributed by atoms with Crippen LogP contribution in [0.2, 0.25) is 0 Å². The minimum atomic E-state index is -0.390. The molecule has 0 aliphatic rings. The highest BCUT2D eigenvalue weighted by Gasteiger charge is 2.14. The number of nitrogens with one attached hydrogen (secondary N) is 1. The number of amides is 1. The Hall–Kier alpha value is -1.82. The molecule has 1 unspecified atom stereocenters. The summed E-state index contributed by atoms with van der Waals surface area (Å²) in [5.74, 6) is 0.301. The van der Waals surface area contributed by atoms with E-state index in [1.807, 2.05) is 30.3 Å². The highest BCUT2D eigenvalue weighted by molar-refractivity contribution is 7.81. The average Bonchev–Trinajstić information content (AvgIpc) is 2.90. The van der Waals surface area contributed by atoms with Crippen molar-refractivity contribution in [1.82, 2.24) is 15.5 Å². The van der Waals surface area contributed by atoms with Crippen LogP contribution in [0.1, 0.15) is 11.4 Å². The van der Waals surface area contributed by atoms with Crippen molar-refractivity contribution >= 4 is 18.5 Å². The maximum atomic E-state index is 11.8. The van der Waals surface area contributed by atoms with Crippen LogP contribution in [0.15, 0.2) is 41.2 Å². The van der Waals surface area contributed by atoms with Crippen molar-refractivity contribution in [3.63, 3.8) is 0 Å². The quantitative estimate of drug-likeness (QED) is 0.796. The fourth-order valence-electron chi connectivity index (χ4n) is 1.48. The Balaban J connectivity index is 1.82. The summed E-state index contributed by atoms with van der Waals surface area (Å²) >= 11 is 4.29. The molecule has 6 heteroatoms. The maximum absolute atomic E-state index is 11.8. The summed E-state index contributed by atoms with van der Waals surface area (Å²) in [5, 5.41) is 5.92.